The van der Waals surface area contributed by atoms with E-state index < -0.39 is 6.04 Å². The molecule has 0 heterocycles. The van der Waals surface area contributed by atoms with Crippen LogP contribution in [0.2, 0.25) is 10.0 Å². The summed E-state index contributed by atoms with van der Waals surface area (Å²) in [6, 6.07) is 14.0. The summed E-state index contributed by atoms with van der Waals surface area (Å²) in [5, 5.41) is 4.19. The van der Waals surface area contributed by atoms with E-state index in [-0.39, 0.29) is 23.1 Å². The number of carbonyl (C=O) groups is 2. The molecule has 4 nitrogen and oxygen atoms in total. The highest BCUT2D eigenvalue weighted by Gasteiger charge is 2.28. The number of rotatable bonds is 7. The molecule has 0 aliphatic rings. The molecule has 2 amide bonds. The first-order valence-corrected chi connectivity index (χ1v) is 11.0. The summed E-state index contributed by atoms with van der Waals surface area (Å²) in [7, 11) is 0. The van der Waals surface area contributed by atoms with Crippen LogP contribution in [0.3, 0.4) is 0 Å². The second-order valence-corrected chi connectivity index (χ2v) is 9.73. The van der Waals surface area contributed by atoms with Gasteiger partial charge in [0.1, 0.15) is 6.04 Å². The van der Waals surface area contributed by atoms with Gasteiger partial charge in [-0.2, -0.15) is 0 Å². The molecule has 29 heavy (non-hydrogen) atoms. The molecule has 2 rings (SSSR count). The van der Waals surface area contributed by atoms with Crippen molar-refractivity contribution in [3.8, 4) is 0 Å². The predicted octanol–water partition coefficient (Wildman–Crippen LogP) is 5.42. The highest BCUT2D eigenvalue weighted by Crippen LogP contribution is 2.22. The molecule has 1 N–H and O–H groups in total. The Hall–Kier alpha value is -1.69. The van der Waals surface area contributed by atoms with E-state index in [1.807, 2.05) is 51.1 Å². The first-order valence-electron chi connectivity index (χ1n) is 9.29. The van der Waals surface area contributed by atoms with Gasteiger partial charge in [-0.3, -0.25) is 9.59 Å². The number of thioether (sulfide) groups is 1. The summed E-state index contributed by atoms with van der Waals surface area (Å²) >= 11 is 13.4. The minimum absolute atomic E-state index is 0.124. The Kier molecular flexibility index (Phi) is 8.44. The normalized spacial score (nSPS) is 12.3. The maximum Gasteiger partial charge on any atom is 0.242 e. The Morgan fingerprint density at radius 1 is 1.07 bits per heavy atom. The zero-order chi connectivity index (χ0) is 21.6. The molecule has 156 valence electrons. The first-order chi connectivity index (χ1) is 13.5. The zero-order valence-corrected chi connectivity index (χ0v) is 19.4. The molecule has 2 aromatic rings. The average molecular weight is 453 g/mol. The Balaban J connectivity index is 2.16. The molecule has 1 atom stereocenters. The van der Waals surface area contributed by atoms with E-state index >= 15 is 0 Å². The number of hydrogen-bond donors (Lipinski definition) is 1. The molecule has 0 fully saturated rings. The topological polar surface area (TPSA) is 49.4 Å². The quantitative estimate of drug-likeness (QED) is 0.570. The van der Waals surface area contributed by atoms with E-state index in [9.17, 15) is 9.59 Å². The third-order valence-corrected chi connectivity index (χ3v) is 5.57. The highest BCUT2D eigenvalue weighted by atomic mass is 35.5. The molecular formula is C22H26Cl2N2O2S. The molecular weight excluding hydrogens is 427 g/mol. The van der Waals surface area contributed by atoms with Crippen LogP contribution < -0.4 is 5.32 Å². The fourth-order valence-electron chi connectivity index (χ4n) is 2.65. The highest BCUT2D eigenvalue weighted by molar-refractivity contribution is 8.00. The number of carbonyl (C=O) groups excluding carboxylic acids is 2. The van der Waals surface area contributed by atoms with Crippen LogP contribution in [0, 0.1) is 0 Å². The maximum absolute atomic E-state index is 13.1. The molecule has 0 spiro atoms. The van der Waals surface area contributed by atoms with Gasteiger partial charge in [-0.15, -0.1) is 11.8 Å². The van der Waals surface area contributed by atoms with Crippen molar-refractivity contribution in [1.82, 2.24) is 10.2 Å². The van der Waals surface area contributed by atoms with E-state index in [0.717, 1.165) is 10.5 Å². The van der Waals surface area contributed by atoms with Gasteiger partial charge >= 0.3 is 0 Å². The number of benzene rings is 2. The van der Waals surface area contributed by atoms with Gasteiger partial charge in [0.15, 0.2) is 0 Å². The van der Waals surface area contributed by atoms with E-state index in [4.69, 9.17) is 23.2 Å². The van der Waals surface area contributed by atoms with Gasteiger partial charge in [0.2, 0.25) is 11.8 Å². The Morgan fingerprint density at radius 3 is 2.31 bits per heavy atom. The third kappa shape index (κ3) is 7.92. The van der Waals surface area contributed by atoms with Crippen molar-refractivity contribution in [2.45, 2.75) is 50.7 Å². The van der Waals surface area contributed by atoms with Crippen molar-refractivity contribution in [1.29, 1.82) is 0 Å². The van der Waals surface area contributed by atoms with Gasteiger partial charge in [0, 0.05) is 27.0 Å². The van der Waals surface area contributed by atoms with Gasteiger partial charge in [-0.1, -0.05) is 35.3 Å². The van der Waals surface area contributed by atoms with Gasteiger partial charge in [-0.25, -0.2) is 0 Å². The number of hydrogen-bond acceptors (Lipinski definition) is 3. The van der Waals surface area contributed by atoms with Gasteiger partial charge in [0.25, 0.3) is 0 Å². The van der Waals surface area contributed by atoms with E-state index in [0.29, 0.717) is 16.6 Å². The van der Waals surface area contributed by atoms with Crippen LogP contribution in [0.5, 0.6) is 0 Å². The second-order valence-electron chi connectivity index (χ2n) is 7.81. The number of nitrogens with zero attached hydrogens (tertiary/aromatic N) is 1. The molecule has 0 saturated carbocycles. The molecule has 0 bridgehead atoms. The standard InChI is InChI=1S/C22H26Cl2N2O2S/c1-15(21(28)25-22(2,3)4)26(13-16-6-5-7-18(24)12-16)20(27)14-29-19-10-8-17(23)9-11-19/h5-12,15H,13-14H2,1-4H3,(H,25,28)/t15-/m0/s1. The van der Waals surface area contributed by atoms with Gasteiger partial charge < -0.3 is 10.2 Å². The van der Waals surface area contributed by atoms with Crippen LogP contribution in [-0.2, 0) is 16.1 Å². The van der Waals surface area contributed by atoms with E-state index in [2.05, 4.69) is 5.32 Å². The lowest BCUT2D eigenvalue weighted by molar-refractivity contribution is -0.139. The van der Waals surface area contributed by atoms with E-state index in [1.165, 1.54) is 11.8 Å². The van der Waals surface area contributed by atoms with Gasteiger partial charge in [0.05, 0.1) is 5.75 Å². The maximum atomic E-state index is 13.1. The van der Waals surface area contributed by atoms with Crippen molar-refractivity contribution in [3.05, 3.63) is 64.1 Å². The van der Waals surface area contributed by atoms with Crippen LogP contribution in [-0.4, -0.2) is 34.0 Å². The van der Waals surface area contributed by atoms with Crippen LogP contribution in [0.1, 0.15) is 33.3 Å². The lowest BCUT2D eigenvalue weighted by atomic mass is 10.1. The fraction of sp³-hybridized carbons (Fsp3) is 0.364. The molecule has 2 aromatic carbocycles. The zero-order valence-electron chi connectivity index (χ0n) is 17.0. The predicted molar refractivity (Wildman–Crippen MR) is 122 cm³/mol. The summed E-state index contributed by atoms with van der Waals surface area (Å²) in [6.07, 6.45) is 0. The number of nitrogens with one attached hydrogen (secondary N) is 1. The van der Waals surface area contributed by atoms with Crippen LogP contribution >= 0.6 is 35.0 Å². The van der Waals surface area contributed by atoms with Crippen molar-refractivity contribution in [3.63, 3.8) is 0 Å². The SMILES string of the molecule is C[C@@H](C(=O)NC(C)(C)C)N(Cc1cccc(Cl)c1)C(=O)CSc1ccc(Cl)cc1. The summed E-state index contributed by atoms with van der Waals surface area (Å²) in [6.45, 7) is 7.79. The molecule has 7 heteroatoms. The lowest BCUT2D eigenvalue weighted by Crippen LogP contribution is -2.52. The second kappa shape index (κ2) is 10.4. The van der Waals surface area contributed by atoms with Gasteiger partial charge in [-0.05, 0) is 69.7 Å². The smallest absolute Gasteiger partial charge is 0.242 e. The lowest BCUT2D eigenvalue weighted by Gasteiger charge is -2.31. The largest absolute Gasteiger partial charge is 0.350 e. The summed E-state index contributed by atoms with van der Waals surface area (Å²) in [4.78, 5) is 28.3. The monoisotopic (exact) mass is 452 g/mol. The fourth-order valence-corrected chi connectivity index (χ4v) is 3.77. The molecule has 0 aromatic heterocycles. The van der Waals surface area contributed by atoms with Crippen molar-refractivity contribution < 1.29 is 9.59 Å². The first kappa shape index (κ1) is 23.6. The summed E-state index contributed by atoms with van der Waals surface area (Å²) < 4.78 is 0. The van der Waals surface area contributed by atoms with Crippen molar-refractivity contribution in [2.75, 3.05) is 5.75 Å². The van der Waals surface area contributed by atoms with Crippen LogP contribution in [0.4, 0.5) is 0 Å². The Morgan fingerprint density at radius 2 is 1.72 bits per heavy atom. The molecule has 0 saturated heterocycles. The van der Waals surface area contributed by atoms with Crippen molar-refractivity contribution >= 4 is 46.8 Å². The van der Waals surface area contributed by atoms with Crippen LogP contribution in [0.15, 0.2) is 53.4 Å². The number of amides is 2. The Labute approximate surface area is 187 Å². The molecule has 0 unspecified atom stereocenters. The third-order valence-electron chi connectivity index (χ3n) is 4.08. The van der Waals surface area contributed by atoms with E-state index in [1.54, 1.807) is 30.0 Å². The Bertz CT molecular complexity index is 851. The summed E-state index contributed by atoms with van der Waals surface area (Å²) in [5.74, 6) is -0.0964. The molecule has 0 aliphatic heterocycles. The minimum Gasteiger partial charge on any atom is -0.350 e. The van der Waals surface area contributed by atoms with Crippen LogP contribution in [0.25, 0.3) is 0 Å². The molecule has 0 aliphatic carbocycles. The average Bonchev–Trinajstić information content (AvgIpc) is 2.63. The van der Waals surface area contributed by atoms with Crippen molar-refractivity contribution in [2.24, 2.45) is 0 Å². The minimum atomic E-state index is -0.619. The molecule has 0 radical (unpaired) electrons. The summed E-state index contributed by atoms with van der Waals surface area (Å²) in [5.41, 5.74) is 0.492. The number of halogens is 2.